The highest BCUT2D eigenvalue weighted by atomic mass is 19.4. The van der Waals surface area contributed by atoms with Crippen LogP contribution in [0.5, 0.6) is 0 Å². The van der Waals surface area contributed by atoms with Gasteiger partial charge in [0.15, 0.2) is 0 Å². The van der Waals surface area contributed by atoms with Gasteiger partial charge in [-0.15, -0.1) is 0 Å². The zero-order valence-electron chi connectivity index (χ0n) is 14.2. The first kappa shape index (κ1) is 18.6. The first-order valence-corrected chi connectivity index (χ1v) is 8.21. The maximum absolute atomic E-state index is 12.7. The van der Waals surface area contributed by atoms with Gasteiger partial charge in [-0.2, -0.15) is 13.2 Å². The summed E-state index contributed by atoms with van der Waals surface area (Å²) in [6.07, 6.45) is -2.90. The van der Waals surface area contributed by atoms with Gasteiger partial charge < -0.3 is 14.6 Å². The second-order valence-corrected chi connectivity index (χ2v) is 5.93. The molecule has 1 aromatic heterocycles. The number of rotatable bonds is 5. The summed E-state index contributed by atoms with van der Waals surface area (Å²) in [6, 6.07) is 16.8. The number of nitrogens with one attached hydrogen (secondary N) is 1. The molecule has 7 heteroatoms. The van der Waals surface area contributed by atoms with Crippen LogP contribution in [0.15, 0.2) is 77.4 Å². The molecular weight excluding hydrogens is 357 g/mol. The lowest BCUT2D eigenvalue weighted by molar-refractivity contribution is -0.137. The van der Waals surface area contributed by atoms with Gasteiger partial charge in [0, 0.05) is 12.2 Å². The van der Waals surface area contributed by atoms with Crippen molar-refractivity contribution in [1.29, 1.82) is 0 Å². The van der Waals surface area contributed by atoms with Gasteiger partial charge in [0.1, 0.15) is 5.76 Å². The van der Waals surface area contributed by atoms with Gasteiger partial charge in [-0.05, 0) is 42.0 Å². The molecule has 2 amide bonds. The van der Waals surface area contributed by atoms with E-state index in [0.717, 1.165) is 17.7 Å². The van der Waals surface area contributed by atoms with E-state index in [4.69, 9.17) is 4.42 Å². The van der Waals surface area contributed by atoms with Crippen molar-refractivity contribution in [3.63, 3.8) is 0 Å². The van der Waals surface area contributed by atoms with E-state index in [1.807, 2.05) is 30.3 Å². The molecule has 0 atom stereocenters. The standard InChI is InChI=1S/C20H17F3N2O2/c21-20(22,23)16-8-10-17(11-9-16)24-19(26)25(14-18-7-4-12-27-18)13-15-5-2-1-3-6-15/h1-12H,13-14H2,(H,24,26). The molecule has 3 aromatic rings. The SMILES string of the molecule is O=C(Nc1ccc(C(F)(F)F)cc1)N(Cc1ccccc1)Cc1ccco1. The molecule has 0 aliphatic rings. The first-order chi connectivity index (χ1) is 12.9. The second-order valence-electron chi connectivity index (χ2n) is 5.93. The van der Waals surface area contributed by atoms with Crippen LogP contribution in [-0.4, -0.2) is 10.9 Å². The summed E-state index contributed by atoms with van der Waals surface area (Å²) in [5.74, 6) is 0.605. The van der Waals surface area contributed by atoms with E-state index in [2.05, 4.69) is 5.32 Å². The fourth-order valence-electron chi connectivity index (χ4n) is 2.54. The van der Waals surface area contributed by atoms with Crippen LogP contribution in [0.2, 0.25) is 0 Å². The highest BCUT2D eigenvalue weighted by molar-refractivity contribution is 5.89. The first-order valence-electron chi connectivity index (χ1n) is 8.21. The Morgan fingerprint density at radius 2 is 1.63 bits per heavy atom. The number of furan rings is 1. The van der Waals surface area contributed by atoms with Gasteiger partial charge >= 0.3 is 12.2 Å². The fourth-order valence-corrected chi connectivity index (χ4v) is 2.54. The summed E-state index contributed by atoms with van der Waals surface area (Å²) >= 11 is 0. The molecule has 0 bridgehead atoms. The Morgan fingerprint density at radius 3 is 2.22 bits per heavy atom. The Bertz CT molecular complexity index is 861. The van der Waals surface area contributed by atoms with Crippen molar-refractivity contribution >= 4 is 11.7 Å². The maximum Gasteiger partial charge on any atom is 0.416 e. The van der Waals surface area contributed by atoms with Gasteiger partial charge in [0.05, 0.1) is 18.4 Å². The third kappa shape index (κ3) is 5.13. The molecular formula is C20H17F3N2O2. The van der Waals surface area contributed by atoms with Crippen molar-refractivity contribution in [3.8, 4) is 0 Å². The topological polar surface area (TPSA) is 45.5 Å². The minimum atomic E-state index is -4.42. The predicted octanol–water partition coefficient (Wildman–Crippen LogP) is 5.53. The minimum Gasteiger partial charge on any atom is -0.467 e. The molecule has 0 spiro atoms. The van der Waals surface area contributed by atoms with Gasteiger partial charge in [-0.1, -0.05) is 30.3 Å². The van der Waals surface area contributed by atoms with Crippen molar-refractivity contribution in [1.82, 2.24) is 4.90 Å². The third-order valence-corrected chi connectivity index (χ3v) is 3.89. The maximum atomic E-state index is 12.7. The Hall–Kier alpha value is -3.22. The van der Waals surface area contributed by atoms with E-state index in [-0.39, 0.29) is 12.2 Å². The van der Waals surface area contributed by atoms with E-state index in [0.29, 0.717) is 12.3 Å². The number of hydrogen-bond acceptors (Lipinski definition) is 2. The van der Waals surface area contributed by atoms with Crippen molar-refractivity contribution < 1.29 is 22.4 Å². The van der Waals surface area contributed by atoms with Crippen molar-refractivity contribution in [2.75, 3.05) is 5.32 Å². The molecule has 140 valence electrons. The van der Waals surface area contributed by atoms with E-state index in [1.54, 1.807) is 12.1 Å². The Balaban J connectivity index is 1.73. The molecule has 2 aromatic carbocycles. The van der Waals surface area contributed by atoms with Crippen LogP contribution in [0.1, 0.15) is 16.9 Å². The van der Waals surface area contributed by atoms with Crippen LogP contribution >= 0.6 is 0 Å². The fraction of sp³-hybridized carbons (Fsp3) is 0.150. The lowest BCUT2D eigenvalue weighted by Crippen LogP contribution is -2.34. The normalized spacial score (nSPS) is 11.2. The summed E-state index contributed by atoms with van der Waals surface area (Å²) in [7, 11) is 0. The van der Waals surface area contributed by atoms with Crippen LogP contribution in [-0.2, 0) is 19.3 Å². The molecule has 4 nitrogen and oxygen atoms in total. The van der Waals surface area contributed by atoms with E-state index in [9.17, 15) is 18.0 Å². The van der Waals surface area contributed by atoms with E-state index in [1.165, 1.54) is 23.3 Å². The number of hydrogen-bond donors (Lipinski definition) is 1. The number of carbonyl (C=O) groups excluding carboxylic acids is 1. The number of carbonyl (C=O) groups is 1. The summed E-state index contributed by atoms with van der Waals surface area (Å²) in [6.45, 7) is 0.558. The number of amides is 2. The molecule has 0 fully saturated rings. The molecule has 3 rings (SSSR count). The average Bonchev–Trinajstić information content (AvgIpc) is 3.15. The van der Waals surface area contributed by atoms with Crippen molar-refractivity contribution in [2.24, 2.45) is 0 Å². The molecule has 27 heavy (non-hydrogen) atoms. The molecule has 0 aliphatic carbocycles. The predicted molar refractivity (Wildman–Crippen MR) is 94.9 cm³/mol. The third-order valence-electron chi connectivity index (χ3n) is 3.89. The number of nitrogens with zero attached hydrogens (tertiary/aromatic N) is 1. The minimum absolute atomic E-state index is 0.231. The monoisotopic (exact) mass is 374 g/mol. The number of alkyl halides is 3. The molecule has 0 saturated heterocycles. The van der Waals surface area contributed by atoms with Crippen LogP contribution in [0.4, 0.5) is 23.7 Å². The number of urea groups is 1. The highest BCUT2D eigenvalue weighted by Gasteiger charge is 2.30. The number of halogens is 3. The lowest BCUT2D eigenvalue weighted by Gasteiger charge is -2.22. The van der Waals surface area contributed by atoms with E-state index >= 15 is 0 Å². The molecule has 0 saturated carbocycles. The number of benzene rings is 2. The summed E-state index contributed by atoms with van der Waals surface area (Å²) in [5.41, 5.74) is 0.439. The summed E-state index contributed by atoms with van der Waals surface area (Å²) in [5, 5.41) is 2.63. The Morgan fingerprint density at radius 1 is 0.926 bits per heavy atom. The van der Waals surface area contributed by atoms with Gasteiger partial charge in [0.25, 0.3) is 0 Å². The van der Waals surface area contributed by atoms with Crippen LogP contribution < -0.4 is 5.32 Å². The zero-order chi connectivity index (χ0) is 19.3. The lowest BCUT2D eigenvalue weighted by atomic mass is 10.2. The molecule has 0 aliphatic heterocycles. The Kier molecular flexibility index (Phi) is 5.49. The largest absolute Gasteiger partial charge is 0.467 e. The summed E-state index contributed by atoms with van der Waals surface area (Å²) in [4.78, 5) is 14.2. The molecule has 1 heterocycles. The van der Waals surface area contributed by atoms with Gasteiger partial charge in [-0.25, -0.2) is 4.79 Å². The highest BCUT2D eigenvalue weighted by Crippen LogP contribution is 2.29. The number of anilines is 1. The Labute approximate surface area is 154 Å². The van der Waals surface area contributed by atoms with Gasteiger partial charge in [0.2, 0.25) is 0 Å². The molecule has 0 unspecified atom stereocenters. The van der Waals surface area contributed by atoms with Crippen LogP contribution in [0.3, 0.4) is 0 Å². The summed E-state index contributed by atoms with van der Waals surface area (Å²) < 4.78 is 43.3. The molecule has 1 N–H and O–H groups in total. The van der Waals surface area contributed by atoms with Crippen LogP contribution in [0.25, 0.3) is 0 Å². The van der Waals surface area contributed by atoms with Crippen molar-refractivity contribution in [2.45, 2.75) is 19.3 Å². The quantitative estimate of drug-likeness (QED) is 0.638. The zero-order valence-corrected chi connectivity index (χ0v) is 14.2. The smallest absolute Gasteiger partial charge is 0.416 e. The van der Waals surface area contributed by atoms with Gasteiger partial charge in [-0.3, -0.25) is 0 Å². The average molecular weight is 374 g/mol. The second kappa shape index (κ2) is 7.99. The van der Waals surface area contributed by atoms with E-state index < -0.39 is 17.8 Å². The van der Waals surface area contributed by atoms with Crippen LogP contribution in [0, 0.1) is 0 Å². The van der Waals surface area contributed by atoms with Crippen molar-refractivity contribution in [3.05, 3.63) is 89.9 Å². The molecule has 0 radical (unpaired) electrons.